The Kier molecular flexibility index (Phi) is 27.9. The van der Waals surface area contributed by atoms with Crippen molar-refractivity contribution < 1.29 is 64.6 Å². The van der Waals surface area contributed by atoms with Gasteiger partial charge in [-0.3, -0.25) is 4.79 Å². The summed E-state index contributed by atoms with van der Waals surface area (Å²) in [5, 5.41) is 86.2. The van der Waals surface area contributed by atoms with Gasteiger partial charge in [0.25, 0.3) is 0 Å². The van der Waals surface area contributed by atoms with Crippen LogP contribution in [0.2, 0.25) is 0 Å². The first-order valence-corrected chi connectivity index (χ1v) is 21.9. The standard InChI is InChI=1S/C42H79NO13/c1-3-5-7-9-11-13-14-15-16-18-19-21-23-25-31(46)30(43-34(47)26-24-22-20-17-12-10-8-6-4-2)29-53-41-39(52)37(50)40(33(28-45)55-41)56-42-38(51)36(49)35(48)32(27-44)54-42/h23,25,30-33,35-42,44-46,48-52H,3-22,24,26-29H2,1-2H3,(H,43,47)/b25-23+/t30-,31+,32?,33?,35-,36?,37?,38?,39?,40+,41+,42-/m0/s1. The number of carbonyl (C=O) groups is 1. The zero-order valence-electron chi connectivity index (χ0n) is 34.4. The zero-order valence-corrected chi connectivity index (χ0v) is 34.4. The summed E-state index contributed by atoms with van der Waals surface area (Å²) < 4.78 is 22.6. The quantitative estimate of drug-likeness (QED) is 0.0350. The minimum Gasteiger partial charge on any atom is -0.394 e. The maximum atomic E-state index is 13.0. The van der Waals surface area contributed by atoms with Crippen molar-refractivity contribution in [3.63, 3.8) is 0 Å². The van der Waals surface area contributed by atoms with Crippen molar-refractivity contribution in [1.29, 1.82) is 0 Å². The lowest BCUT2D eigenvalue weighted by molar-refractivity contribution is -0.359. The van der Waals surface area contributed by atoms with Crippen LogP contribution < -0.4 is 5.32 Å². The van der Waals surface area contributed by atoms with E-state index in [0.29, 0.717) is 6.42 Å². The lowest BCUT2D eigenvalue weighted by Gasteiger charge is -2.46. The number of ether oxygens (including phenoxy) is 4. The Bertz CT molecular complexity index is 1000. The van der Waals surface area contributed by atoms with E-state index in [2.05, 4.69) is 19.2 Å². The fourth-order valence-electron chi connectivity index (χ4n) is 7.29. The highest BCUT2D eigenvalue weighted by Crippen LogP contribution is 2.30. The highest BCUT2D eigenvalue weighted by molar-refractivity contribution is 5.76. The van der Waals surface area contributed by atoms with Gasteiger partial charge in [-0.05, 0) is 19.3 Å². The Morgan fingerprint density at radius 2 is 1.11 bits per heavy atom. The summed E-state index contributed by atoms with van der Waals surface area (Å²) in [6.07, 6.45) is 11.3. The van der Waals surface area contributed by atoms with Gasteiger partial charge in [-0.25, -0.2) is 0 Å². The first-order chi connectivity index (χ1) is 27.1. The average Bonchev–Trinajstić information content (AvgIpc) is 3.19. The third-order valence-electron chi connectivity index (χ3n) is 11.0. The van der Waals surface area contributed by atoms with Gasteiger partial charge in [-0.2, -0.15) is 0 Å². The minimum atomic E-state index is -1.78. The molecule has 2 saturated heterocycles. The van der Waals surface area contributed by atoms with E-state index >= 15 is 0 Å². The van der Waals surface area contributed by atoms with E-state index in [1.54, 1.807) is 6.08 Å². The van der Waals surface area contributed by atoms with Crippen LogP contribution in [0.25, 0.3) is 0 Å². The monoisotopic (exact) mass is 806 g/mol. The van der Waals surface area contributed by atoms with Crippen LogP contribution in [0.4, 0.5) is 0 Å². The summed E-state index contributed by atoms with van der Waals surface area (Å²) in [6.45, 7) is 2.72. The third kappa shape index (κ3) is 19.2. The number of carbonyl (C=O) groups excluding carboxylic acids is 1. The van der Waals surface area contributed by atoms with Gasteiger partial charge < -0.3 is 65.1 Å². The molecule has 2 heterocycles. The highest BCUT2D eigenvalue weighted by Gasteiger charge is 2.50. The second-order valence-corrected chi connectivity index (χ2v) is 15.8. The summed E-state index contributed by atoms with van der Waals surface area (Å²) in [5.74, 6) is -0.245. The van der Waals surface area contributed by atoms with Crippen LogP contribution in [0.5, 0.6) is 0 Å². The van der Waals surface area contributed by atoms with Gasteiger partial charge in [0.2, 0.25) is 5.91 Å². The number of aliphatic hydroxyl groups excluding tert-OH is 8. The zero-order chi connectivity index (χ0) is 41.1. The molecule has 0 aromatic heterocycles. The van der Waals surface area contributed by atoms with E-state index in [9.17, 15) is 45.6 Å². The second kappa shape index (κ2) is 30.7. The van der Waals surface area contributed by atoms with Gasteiger partial charge in [0, 0.05) is 6.42 Å². The summed E-state index contributed by atoms with van der Waals surface area (Å²) in [7, 11) is 0. The SMILES string of the molecule is CCCCCCCCCCCCC/C=C/[C@@H](O)[C@H](CO[C@@H]1OC(CO)[C@@H](O[C@@H]2OC(CO)[C@H](O)C(O)C2O)C(O)C1O)NC(=O)CCCCCCCCCCC. The number of rotatable bonds is 32. The molecule has 0 aliphatic carbocycles. The second-order valence-electron chi connectivity index (χ2n) is 15.8. The van der Waals surface area contributed by atoms with E-state index in [-0.39, 0.29) is 18.9 Å². The van der Waals surface area contributed by atoms with Crippen molar-refractivity contribution in [3.05, 3.63) is 12.2 Å². The molecular weight excluding hydrogens is 726 g/mol. The largest absolute Gasteiger partial charge is 0.394 e. The number of hydrogen-bond donors (Lipinski definition) is 9. The molecule has 0 spiro atoms. The number of amides is 1. The molecule has 6 unspecified atom stereocenters. The molecule has 14 heteroatoms. The van der Waals surface area contributed by atoms with E-state index in [0.717, 1.165) is 38.5 Å². The van der Waals surface area contributed by atoms with Gasteiger partial charge in [-0.1, -0.05) is 142 Å². The Morgan fingerprint density at radius 1 is 0.625 bits per heavy atom. The van der Waals surface area contributed by atoms with E-state index < -0.39 is 86.8 Å². The molecule has 0 bridgehead atoms. The van der Waals surface area contributed by atoms with Crippen molar-refractivity contribution in [2.24, 2.45) is 0 Å². The van der Waals surface area contributed by atoms with Crippen LogP contribution in [0, 0.1) is 0 Å². The molecule has 0 aromatic carbocycles. The molecule has 56 heavy (non-hydrogen) atoms. The topological polar surface area (TPSA) is 228 Å². The molecule has 2 fully saturated rings. The highest BCUT2D eigenvalue weighted by atomic mass is 16.7. The molecule has 0 radical (unpaired) electrons. The van der Waals surface area contributed by atoms with Crippen molar-refractivity contribution >= 4 is 5.91 Å². The molecule has 9 N–H and O–H groups in total. The Balaban J connectivity index is 1.93. The molecule has 2 aliphatic heterocycles. The molecule has 14 nitrogen and oxygen atoms in total. The summed E-state index contributed by atoms with van der Waals surface area (Å²) >= 11 is 0. The van der Waals surface area contributed by atoms with Crippen LogP contribution in [0.15, 0.2) is 12.2 Å². The fraction of sp³-hybridized carbons (Fsp3) is 0.929. The van der Waals surface area contributed by atoms with Crippen LogP contribution in [0.3, 0.4) is 0 Å². The first-order valence-electron chi connectivity index (χ1n) is 21.9. The van der Waals surface area contributed by atoms with E-state index in [4.69, 9.17) is 18.9 Å². The maximum absolute atomic E-state index is 13.0. The molecule has 2 aliphatic rings. The number of unbranched alkanes of at least 4 members (excludes halogenated alkanes) is 19. The molecule has 0 saturated carbocycles. The molecule has 0 aromatic rings. The first kappa shape index (κ1) is 50.9. The van der Waals surface area contributed by atoms with Gasteiger partial charge in [0.1, 0.15) is 48.8 Å². The Morgan fingerprint density at radius 3 is 1.64 bits per heavy atom. The van der Waals surface area contributed by atoms with Crippen LogP contribution >= 0.6 is 0 Å². The number of aliphatic hydroxyl groups is 8. The molecule has 330 valence electrons. The van der Waals surface area contributed by atoms with E-state index in [1.165, 1.54) is 89.9 Å². The smallest absolute Gasteiger partial charge is 0.220 e. The van der Waals surface area contributed by atoms with Gasteiger partial charge in [-0.15, -0.1) is 0 Å². The summed E-state index contributed by atoms with van der Waals surface area (Å²) in [4.78, 5) is 13.0. The van der Waals surface area contributed by atoms with Gasteiger partial charge in [0.15, 0.2) is 12.6 Å². The molecule has 1 amide bonds. The van der Waals surface area contributed by atoms with Crippen LogP contribution in [-0.4, -0.2) is 140 Å². The third-order valence-corrected chi connectivity index (χ3v) is 11.0. The summed E-state index contributed by atoms with van der Waals surface area (Å²) in [6, 6.07) is -0.904. The maximum Gasteiger partial charge on any atom is 0.220 e. The number of allylic oxidation sites excluding steroid dienone is 1. The fourth-order valence-corrected chi connectivity index (χ4v) is 7.29. The van der Waals surface area contributed by atoms with Crippen LogP contribution in [0.1, 0.15) is 155 Å². The van der Waals surface area contributed by atoms with Crippen LogP contribution in [-0.2, 0) is 23.7 Å². The van der Waals surface area contributed by atoms with Gasteiger partial charge >= 0.3 is 0 Å². The van der Waals surface area contributed by atoms with Crippen molar-refractivity contribution in [3.8, 4) is 0 Å². The lowest BCUT2D eigenvalue weighted by atomic mass is 9.97. The molecule has 12 atom stereocenters. The van der Waals surface area contributed by atoms with E-state index in [1.807, 2.05) is 6.08 Å². The number of hydrogen-bond acceptors (Lipinski definition) is 13. The van der Waals surface area contributed by atoms with Crippen molar-refractivity contribution in [1.82, 2.24) is 5.32 Å². The molecule has 2 rings (SSSR count). The molecular formula is C42H79NO13. The normalized spacial score (nSPS) is 29.5. The Labute approximate surface area is 336 Å². The lowest BCUT2D eigenvalue weighted by Crippen LogP contribution is -2.65. The van der Waals surface area contributed by atoms with Gasteiger partial charge in [0.05, 0.1) is 32.0 Å². The number of nitrogens with one attached hydrogen (secondary N) is 1. The summed E-state index contributed by atoms with van der Waals surface area (Å²) in [5.41, 5.74) is 0. The Hall–Kier alpha value is -1.27. The predicted octanol–water partition coefficient (Wildman–Crippen LogP) is 3.65. The van der Waals surface area contributed by atoms with Crippen molar-refractivity contribution in [2.75, 3.05) is 19.8 Å². The predicted molar refractivity (Wildman–Crippen MR) is 212 cm³/mol. The minimum absolute atomic E-state index is 0.245. The van der Waals surface area contributed by atoms with Crippen molar-refractivity contribution in [2.45, 2.75) is 229 Å². The average molecular weight is 806 g/mol.